The molecule has 0 bridgehead atoms. The normalized spacial score (nSPS) is 20.3. The van der Waals surface area contributed by atoms with E-state index < -0.39 is 22.1 Å². The minimum atomic E-state index is -3.67. The van der Waals surface area contributed by atoms with Crippen LogP contribution in [0, 0.1) is 5.92 Å². The molecular formula is C13H17ClN2O4S. The van der Waals surface area contributed by atoms with Crippen molar-refractivity contribution in [3.8, 4) is 0 Å². The molecule has 0 spiro atoms. The zero-order valence-electron chi connectivity index (χ0n) is 11.3. The molecule has 0 aromatic heterocycles. The number of nitrogens with one attached hydrogen (secondary N) is 1. The number of carboxylic acid groups (broad SMARTS) is 1. The van der Waals surface area contributed by atoms with E-state index in [0.717, 1.165) is 5.56 Å². The van der Waals surface area contributed by atoms with Crippen molar-refractivity contribution in [2.24, 2.45) is 5.92 Å². The lowest BCUT2D eigenvalue weighted by molar-refractivity contribution is -0.142. The predicted octanol–water partition coefficient (Wildman–Crippen LogP) is 1.47. The van der Waals surface area contributed by atoms with Crippen molar-refractivity contribution < 1.29 is 18.3 Å². The van der Waals surface area contributed by atoms with Crippen molar-refractivity contribution in [3.05, 3.63) is 34.9 Å². The first-order chi connectivity index (χ1) is 9.88. The molecule has 1 aromatic carbocycles. The number of carboxylic acids is 1. The minimum Gasteiger partial charge on any atom is -0.481 e. The summed E-state index contributed by atoms with van der Waals surface area (Å²) in [5.41, 5.74) is 0.787. The van der Waals surface area contributed by atoms with E-state index in [1.165, 1.54) is 4.31 Å². The Morgan fingerprint density at radius 2 is 2.05 bits per heavy atom. The zero-order chi connectivity index (χ0) is 15.5. The van der Waals surface area contributed by atoms with Crippen LogP contribution in [0.1, 0.15) is 18.4 Å². The van der Waals surface area contributed by atoms with E-state index in [-0.39, 0.29) is 13.1 Å². The Morgan fingerprint density at radius 3 is 2.67 bits per heavy atom. The van der Waals surface area contributed by atoms with Gasteiger partial charge < -0.3 is 5.11 Å². The van der Waals surface area contributed by atoms with Crippen molar-refractivity contribution >= 4 is 27.8 Å². The van der Waals surface area contributed by atoms with Gasteiger partial charge in [-0.05, 0) is 30.5 Å². The second-order valence-electron chi connectivity index (χ2n) is 4.99. The maximum Gasteiger partial charge on any atom is 0.307 e. The molecule has 2 rings (SSSR count). The topological polar surface area (TPSA) is 86.7 Å². The molecule has 1 saturated heterocycles. The van der Waals surface area contributed by atoms with Gasteiger partial charge in [-0.2, -0.15) is 17.4 Å². The van der Waals surface area contributed by atoms with Crippen LogP contribution in [0.15, 0.2) is 24.3 Å². The fraction of sp³-hybridized carbons (Fsp3) is 0.462. The molecule has 21 heavy (non-hydrogen) atoms. The number of hydrogen-bond acceptors (Lipinski definition) is 3. The van der Waals surface area contributed by atoms with E-state index in [4.69, 9.17) is 16.7 Å². The second-order valence-corrected chi connectivity index (χ2v) is 7.18. The van der Waals surface area contributed by atoms with Gasteiger partial charge in [0.15, 0.2) is 0 Å². The van der Waals surface area contributed by atoms with Crippen LogP contribution in [0.3, 0.4) is 0 Å². The molecule has 1 fully saturated rings. The van der Waals surface area contributed by atoms with E-state index in [2.05, 4.69) is 4.72 Å². The Morgan fingerprint density at radius 1 is 1.38 bits per heavy atom. The van der Waals surface area contributed by atoms with Crippen LogP contribution in [-0.4, -0.2) is 36.9 Å². The fourth-order valence-corrected chi connectivity index (χ4v) is 3.63. The fourth-order valence-electron chi connectivity index (χ4n) is 2.23. The van der Waals surface area contributed by atoms with Crippen LogP contribution in [0.5, 0.6) is 0 Å². The lowest BCUT2D eigenvalue weighted by Crippen LogP contribution is -2.47. The maximum absolute atomic E-state index is 12.2. The van der Waals surface area contributed by atoms with Crippen LogP contribution < -0.4 is 4.72 Å². The van der Waals surface area contributed by atoms with Crippen molar-refractivity contribution in [1.82, 2.24) is 9.03 Å². The summed E-state index contributed by atoms with van der Waals surface area (Å²) in [5.74, 6) is -1.58. The molecule has 1 atom stereocenters. The summed E-state index contributed by atoms with van der Waals surface area (Å²) in [7, 11) is -3.67. The number of aliphatic carboxylic acids is 1. The number of piperidine rings is 1. The maximum atomic E-state index is 12.2. The van der Waals surface area contributed by atoms with Crippen molar-refractivity contribution in [2.75, 3.05) is 13.1 Å². The van der Waals surface area contributed by atoms with Crippen LogP contribution in [-0.2, 0) is 21.5 Å². The van der Waals surface area contributed by atoms with Crippen LogP contribution in [0.2, 0.25) is 5.02 Å². The van der Waals surface area contributed by atoms with Crippen LogP contribution >= 0.6 is 11.6 Å². The molecular weight excluding hydrogens is 316 g/mol. The lowest BCUT2D eigenvalue weighted by atomic mass is 10.0. The van der Waals surface area contributed by atoms with Gasteiger partial charge in [0.05, 0.1) is 5.92 Å². The van der Waals surface area contributed by atoms with Gasteiger partial charge in [0.1, 0.15) is 0 Å². The smallest absolute Gasteiger partial charge is 0.307 e. The van der Waals surface area contributed by atoms with Gasteiger partial charge in [-0.1, -0.05) is 23.7 Å². The Bertz CT molecular complexity index is 603. The monoisotopic (exact) mass is 332 g/mol. The van der Waals surface area contributed by atoms with Gasteiger partial charge >= 0.3 is 5.97 Å². The van der Waals surface area contributed by atoms with Gasteiger partial charge in [-0.3, -0.25) is 4.79 Å². The average Bonchev–Trinajstić information content (AvgIpc) is 2.47. The number of hydrogen-bond donors (Lipinski definition) is 2. The predicted molar refractivity (Wildman–Crippen MR) is 79.1 cm³/mol. The Hall–Kier alpha value is -1.15. The Labute approximate surface area is 128 Å². The molecule has 1 unspecified atom stereocenters. The Kier molecular flexibility index (Phi) is 5.21. The first kappa shape index (κ1) is 16.2. The van der Waals surface area contributed by atoms with Crippen molar-refractivity contribution in [2.45, 2.75) is 19.4 Å². The quantitative estimate of drug-likeness (QED) is 0.855. The molecule has 0 saturated carbocycles. The largest absolute Gasteiger partial charge is 0.481 e. The SMILES string of the molecule is O=C(O)C1CCCN(S(=O)(=O)NCc2ccc(Cl)cc2)C1. The highest BCUT2D eigenvalue weighted by molar-refractivity contribution is 7.87. The minimum absolute atomic E-state index is 0.0191. The summed E-state index contributed by atoms with van der Waals surface area (Å²) in [6.45, 7) is 0.513. The molecule has 1 aliphatic rings. The number of carbonyl (C=O) groups is 1. The molecule has 1 aromatic rings. The summed E-state index contributed by atoms with van der Waals surface area (Å²) in [4.78, 5) is 11.0. The van der Waals surface area contributed by atoms with Crippen molar-refractivity contribution in [1.29, 1.82) is 0 Å². The average molecular weight is 333 g/mol. The summed E-state index contributed by atoms with van der Waals surface area (Å²) in [6.07, 6.45) is 1.07. The number of benzene rings is 1. The van der Waals surface area contributed by atoms with Gasteiger partial charge in [0.2, 0.25) is 0 Å². The van der Waals surface area contributed by atoms with Gasteiger partial charge in [0.25, 0.3) is 10.2 Å². The Balaban J connectivity index is 1.97. The number of halogens is 1. The lowest BCUT2D eigenvalue weighted by Gasteiger charge is -2.29. The number of rotatable bonds is 5. The standard InChI is InChI=1S/C13H17ClN2O4S/c14-12-5-3-10(4-6-12)8-15-21(19,20)16-7-1-2-11(9-16)13(17)18/h3-6,11,15H,1-2,7-9H2,(H,17,18). The molecule has 8 heteroatoms. The third-order valence-corrected chi connectivity index (χ3v) is 5.22. The van der Waals surface area contributed by atoms with E-state index in [0.29, 0.717) is 24.4 Å². The molecule has 2 N–H and O–H groups in total. The first-order valence-electron chi connectivity index (χ1n) is 6.60. The molecule has 116 valence electrons. The second kappa shape index (κ2) is 6.74. The zero-order valence-corrected chi connectivity index (χ0v) is 12.9. The first-order valence-corrected chi connectivity index (χ1v) is 8.42. The summed E-state index contributed by atoms with van der Waals surface area (Å²) < 4.78 is 28.1. The van der Waals surface area contributed by atoms with Gasteiger partial charge in [-0.15, -0.1) is 0 Å². The van der Waals surface area contributed by atoms with Gasteiger partial charge in [0, 0.05) is 24.7 Å². The molecule has 0 radical (unpaired) electrons. The molecule has 1 heterocycles. The molecule has 6 nitrogen and oxygen atoms in total. The summed E-state index contributed by atoms with van der Waals surface area (Å²) >= 11 is 5.77. The highest BCUT2D eigenvalue weighted by Crippen LogP contribution is 2.19. The highest BCUT2D eigenvalue weighted by Gasteiger charge is 2.31. The third kappa shape index (κ3) is 4.41. The van der Waals surface area contributed by atoms with Crippen molar-refractivity contribution in [3.63, 3.8) is 0 Å². The molecule has 1 aliphatic heterocycles. The van der Waals surface area contributed by atoms with E-state index in [9.17, 15) is 13.2 Å². The summed E-state index contributed by atoms with van der Waals surface area (Å²) in [5, 5.41) is 9.59. The van der Waals surface area contributed by atoms with E-state index in [1.807, 2.05) is 0 Å². The van der Waals surface area contributed by atoms with E-state index in [1.54, 1.807) is 24.3 Å². The number of nitrogens with zero attached hydrogens (tertiary/aromatic N) is 1. The van der Waals surface area contributed by atoms with Crippen LogP contribution in [0.25, 0.3) is 0 Å². The highest BCUT2D eigenvalue weighted by atomic mass is 35.5. The van der Waals surface area contributed by atoms with E-state index >= 15 is 0 Å². The van der Waals surface area contributed by atoms with Crippen LogP contribution in [0.4, 0.5) is 0 Å². The molecule has 0 amide bonds. The summed E-state index contributed by atoms with van der Waals surface area (Å²) in [6, 6.07) is 6.85. The molecule has 0 aliphatic carbocycles. The van der Waals surface area contributed by atoms with Gasteiger partial charge in [-0.25, -0.2) is 0 Å². The third-order valence-electron chi connectivity index (χ3n) is 3.45.